The van der Waals surface area contributed by atoms with Crippen molar-refractivity contribution in [3.8, 4) is 0 Å². The lowest BCUT2D eigenvalue weighted by Crippen LogP contribution is -2.53. The highest BCUT2D eigenvalue weighted by molar-refractivity contribution is 7.98. The number of benzene rings is 1. The van der Waals surface area contributed by atoms with Gasteiger partial charge in [-0.3, -0.25) is 9.59 Å². The first-order chi connectivity index (χ1) is 13.0. The van der Waals surface area contributed by atoms with E-state index in [1.54, 1.807) is 6.20 Å². The summed E-state index contributed by atoms with van der Waals surface area (Å²) in [7, 11) is 0. The van der Waals surface area contributed by atoms with Crippen molar-refractivity contribution < 1.29 is 19.5 Å². The third kappa shape index (κ3) is 5.73. The molecule has 146 valence electrons. The number of aromatic amines is 1. The number of aliphatic carboxylic acids is 1. The van der Waals surface area contributed by atoms with Crippen LogP contribution in [-0.2, 0) is 20.8 Å². The molecular formula is C18H24N4O4S. The van der Waals surface area contributed by atoms with E-state index in [0.29, 0.717) is 12.2 Å². The van der Waals surface area contributed by atoms with Crippen LogP contribution < -0.4 is 16.4 Å². The number of rotatable bonds is 10. The molecule has 8 nitrogen and oxygen atoms in total. The maximum absolute atomic E-state index is 12.7. The zero-order chi connectivity index (χ0) is 19.8. The number of amides is 2. The van der Waals surface area contributed by atoms with Crippen LogP contribution in [0, 0.1) is 0 Å². The van der Waals surface area contributed by atoms with E-state index < -0.39 is 29.9 Å². The van der Waals surface area contributed by atoms with Crippen molar-refractivity contribution in [1.29, 1.82) is 0 Å². The van der Waals surface area contributed by atoms with Gasteiger partial charge in [-0.05, 0) is 30.1 Å². The van der Waals surface area contributed by atoms with E-state index in [-0.39, 0.29) is 13.0 Å². The number of para-hydroxylation sites is 1. The van der Waals surface area contributed by atoms with Crippen LogP contribution in [0.3, 0.4) is 0 Å². The van der Waals surface area contributed by atoms with Gasteiger partial charge in [0.15, 0.2) is 0 Å². The number of hydrogen-bond donors (Lipinski definition) is 5. The summed E-state index contributed by atoms with van der Waals surface area (Å²) in [6.45, 7) is -0.257. The summed E-state index contributed by atoms with van der Waals surface area (Å²) >= 11 is 1.50. The molecule has 2 amide bonds. The highest BCUT2D eigenvalue weighted by atomic mass is 32.2. The minimum Gasteiger partial charge on any atom is -0.480 e. The van der Waals surface area contributed by atoms with Crippen molar-refractivity contribution in [1.82, 2.24) is 15.6 Å². The van der Waals surface area contributed by atoms with Gasteiger partial charge in [0.1, 0.15) is 12.1 Å². The van der Waals surface area contributed by atoms with Crippen molar-refractivity contribution in [3.63, 3.8) is 0 Å². The molecule has 0 aliphatic carbocycles. The predicted molar refractivity (Wildman–Crippen MR) is 106 cm³/mol. The molecule has 0 aliphatic rings. The number of H-pyrrole nitrogens is 1. The van der Waals surface area contributed by atoms with Crippen LogP contribution in [0.25, 0.3) is 10.9 Å². The number of nitrogens with two attached hydrogens (primary N) is 1. The lowest BCUT2D eigenvalue weighted by molar-refractivity contribution is -0.142. The maximum atomic E-state index is 12.7. The van der Waals surface area contributed by atoms with Gasteiger partial charge >= 0.3 is 5.97 Å². The molecule has 0 radical (unpaired) electrons. The summed E-state index contributed by atoms with van der Waals surface area (Å²) in [6.07, 6.45) is 4.16. The smallest absolute Gasteiger partial charge is 0.326 e. The molecule has 1 aromatic heterocycles. The molecule has 2 rings (SSSR count). The van der Waals surface area contributed by atoms with Crippen LogP contribution in [0.15, 0.2) is 30.5 Å². The Balaban J connectivity index is 2.18. The molecule has 2 atom stereocenters. The second-order valence-electron chi connectivity index (χ2n) is 6.07. The van der Waals surface area contributed by atoms with Gasteiger partial charge in [0.25, 0.3) is 0 Å². The highest BCUT2D eigenvalue weighted by Crippen LogP contribution is 2.19. The molecule has 27 heavy (non-hydrogen) atoms. The topological polar surface area (TPSA) is 137 Å². The number of fused-ring (bicyclic) bond motifs is 1. The van der Waals surface area contributed by atoms with E-state index in [1.165, 1.54) is 11.8 Å². The van der Waals surface area contributed by atoms with Gasteiger partial charge in [-0.25, -0.2) is 4.79 Å². The first-order valence-corrected chi connectivity index (χ1v) is 9.92. The number of carbonyl (C=O) groups is 3. The fourth-order valence-electron chi connectivity index (χ4n) is 2.75. The molecule has 0 saturated carbocycles. The summed E-state index contributed by atoms with van der Waals surface area (Å²) in [4.78, 5) is 39.0. The standard InChI is InChI=1S/C18H24N4O4S/c1-27-7-6-14(18(25)26)22-17(24)15(21-16(23)9-19)8-11-10-20-13-5-3-2-4-12(11)13/h2-5,10,14-15,20H,6-9,19H2,1H3,(H,21,23)(H,22,24)(H,25,26)/t14-,15-/m0/s1. The van der Waals surface area contributed by atoms with Gasteiger partial charge in [-0.2, -0.15) is 11.8 Å². The van der Waals surface area contributed by atoms with E-state index in [4.69, 9.17) is 5.73 Å². The van der Waals surface area contributed by atoms with Crippen molar-refractivity contribution in [2.75, 3.05) is 18.6 Å². The predicted octanol–water partition coefficient (Wildman–Crippen LogP) is 0.476. The Bertz CT molecular complexity index is 808. The largest absolute Gasteiger partial charge is 0.480 e. The van der Waals surface area contributed by atoms with Crippen molar-refractivity contribution in [2.24, 2.45) is 5.73 Å². The molecule has 0 spiro atoms. The van der Waals surface area contributed by atoms with E-state index >= 15 is 0 Å². The van der Waals surface area contributed by atoms with Crippen LogP contribution >= 0.6 is 11.8 Å². The Morgan fingerprint density at radius 2 is 1.96 bits per heavy atom. The first kappa shape index (κ1) is 20.8. The third-order valence-electron chi connectivity index (χ3n) is 4.16. The maximum Gasteiger partial charge on any atom is 0.326 e. The molecule has 1 aromatic carbocycles. The average Bonchev–Trinajstić information content (AvgIpc) is 3.07. The number of nitrogens with one attached hydrogen (secondary N) is 3. The summed E-state index contributed by atoms with van der Waals surface area (Å²) in [5.41, 5.74) is 7.12. The monoisotopic (exact) mass is 392 g/mol. The molecule has 0 bridgehead atoms. The zero-order valence-electron chi connectivity index (χ0n) is 15.0. The lowest BCUT2D eigenvalue weighted by Gasteiger charge is -2.21. The number of carbonyl (C=O) groups excluding carboxylic acids is 2. The first-order valence-electron chi connectivity index (χ1n) is 8.52. The summed E-state index contributed by atoms with van der Waals surface area (Å²) in [5, 5.41) is 15.4. The van der Waals surface area contributed by atoms with E-state index in [2.05, 4.69) is 15.6 Å². The van der Waals surface area contributed by atoms with Gasteiger partial charge in [0.05, 0.1) is 6.54 Å². The van der Waals surface area contributed by atoms with Crippen molar-refractivity contribution in [3.05, 3.63) is 36.0 Å². The SMILES string of the molecule is CSCC[C@H](NC(=O)[C@H](Cc1c[nH]c2ccccc12)NC(=O)CN)C(=O)O. The Hall–Kier alpha value is -2.52. The van der Waals surface area contributed by atoms with Gasteiger partial charge in [0, 0.05) is 23.5 Å². The number of carboxylic acids is 1. The molecule has 9 heteroatoms. The van der Waals surface area contributed by atoms with Crippen LogP contribution in [0.5, 0.6) is 0 Å². The summed E-state index contributed by atoms with van der Waals surface area (Å²) in [5.74, 6) is -1.53. The Labute approximate surface area is 161 Å². The zero-order valence-corrected chi connectivity index (χ0v) is 15.8. The van der Waals surface area contributed by atoms with Crippen molar-refractivity contribution >= 4 is 40.4 Å². The number of thioether (sulfide) groups is 1. The van der Waals surface area contributed by atoms with Gasteiger partial charge in [0.2, 0.25) is 11.8 Å². The Kier molecular flexibility index (Phi) is 7.68. The van der Waals surface area contributed by atoms with Gasteiger partial charge in [-0.15, -0.1) is 0 Å². The molecule has 0 saturated heterocycles. The van der Waals surface area contributed by atoms with Gasteiger partial charge < -0.3 is 26.5 Å². The minimum absolute atomic E-state index is 0.219. The minimum atomic E-state index is -1.10. The Morgan fingerprint density at radius 1 is 1.22 bits per heavy atom. The second kappa shape index (κ2) is 9.98. The van der Waals surface area contributed by atoms with E-state index in [9.17, 15) is 19.5 Å². The molecule has 0 unspecified atom stereocenters. The summed E-state index contributed by atoms with van der Waals surface area (Å²) in [6, 6.07) is 5.68. The van der Waals surface area contributed by atoms with E-state index in [0.717, 1.165) is 16.5 Å². The third-order valence-corrected chi connectivity index (χ3v) is 4.81. The Morgan fingerprint density at radius 3 is 2.63 bits per heavy atom. The highest BCUT2D eigenvalue weighted by Gasteiger charge is 2.27. The second-order valence-corrected chi connectivity index (χ2v) is 7.05. The molecule has 2 aromatic rings. The van der Waals surface area contributed by atoms with Gasteiger partial charge in [-0.1, -0.05) is 18.2 Å². The van der Waals surface area contributed by atoms with Crippen LogP contribution in [0.4, 0.5) is 0 Å². The fourth-order valence-corrected chi connectivity index (χ4v) is 3.22. The van der Waals surface area contributed by atoms with Crippen LogP contribution in [0.1, 0.15) is 12.0 Å². The fraction of sp³-hybridized carbons (Fsp3) is 0.389. The lowest BCUT2D eigenvalue weighted by atomic mass is 10.0. The quantitative estimate of drug-likeness (QED) is 0.399. The number of hydrogen-bond acceptors (Lipinski definition) is 5. The molecule has 0 aliphatic heterocycles. The molecule has 1 heterocycles. The van der Waals surface area contributed by atoms with Crippen LogP contribution in [0.2, 0.25) is 0 Å². The summed E-state index contributed by atoms with van der Waals surface area (Å²) < 4.78 is 0. The number of aromatic nitrogens is 1. The normalized spacial score (nSPS) is 13.1. The average molecular weight is 392 g/mol. The van der Waals surface area contributed by atoms with Crippen LogP contribution in [-0.4, -0.2) is 58.5 Å². The molecule has 0 fully saturated rings. The van der Waals surface area contributed by atoms with Crippen molar-refractivity contribution in [2.45, 2.75) is 24.9 Å². The number of carboxylic acid groups (broad SMARTS) is 1. The molecular weight excluding hydrogens is 368 g/mol. The molecule has 6 N–H and O–H groups in total. The van der Waals surface area contributed by atoms with E-state index in [1.807, 2.05) is 30.5 Å².